The summed E-state index contributed by atoms with van der Waals surface area (Å²) in [5, 5.41) is 7.79. The molecule has 1 aliphatic rings. The summed E-state index contributed by atoms with van der Waals surface area (Å²) in [7, 11) is 0. The average Bonchev–Trinajstić information content (AvgIpc) is 2.28. The van der Waals surface area contributed by atoms with E-state index in [1.165, 1.54) is 6.26 Å². The second-order valence-electron chi connectivity index (χ2n) is 2.57. The van der Waals surface area contributed by atoms with Crippen molar-refractivity contribution in [3.8, 4) is 0 Å². The predicted molar refractivity (Wildman–Crippen MR) is 51.9 cm³/mol. The van der Waals surface area contributed by atoms with Gasteiger partial charge in [0.2, 0.25) is 6.23 Å². The highest BCUT2D eigenvalue weighted by atomic mass is 16.5. The van der Waals surface area contributed by atoms with E-state index >= 15 is 0 Å². The van der Waals surface area contributed by atoms with Crippen molar-refractivity contribution in [1.82, 2.24) is 4.98 Å². The molecule has 0 spiro atoms. The lowest BCUT2D eigenvalue weighted by atomic mass is 10.4. The number of pyridine rings is 1. The Labute approximate surface area is 83.1 Å². The van der Waals surface area contributed by atoms with Crippen molar-refractivity contribution in [2.45, 2.75) is 6.23 Å². The number of rotatable bonds is 2. The minimum atomic E-state index is -0.524. The fourth-order valence-corrected chi connectivity index (χ4v) is 0.926. The third-order valence-electron chi connectivity index (χ3n) is 1.54. The van der Waals surface area contributed by atoms with Gasteiger partial charge in [-0.05, 0) is 24.3 Å². The summed E-state index contributed by atoms with van der Waals surface area (Å²) in [6, 6.07) is 5.74. The van der Waals surface area contributed by atoms with Crippen molar-refractivity contribution in [1.29, 1.82) is 0 Å². The second-order valence-corrected chi connectivity index (χ2v) is 2.57. The molecule has 4 heteroatoms. The van der Waals surface area contributed by atoms with Crippen LogP contribution in [0, 0.1) is 0 Å². The van der Waals surface area contributed by atoms with E-state index in [9.17, 15) is 0 Å². The molecule has 70 valence electrons. The van der Waals surface area contributed by atoms with Crippen molar-refractivity contribution in [3.63, 3.8) is 0 Å². The molecular formula is C10H9N3O. The molecule has 0 aliphatic carbocycles. The van der Waals surface area contributed by atoms with Gasteiger partial charge in [0.05, 0.1) is 7.63 Å². The molecule has 1 aliphatic heterocycles. The Hall–Kier alpha value is -1.97. The minimum absolute atomic E-state index is 0.367. The lowest BCUT2D eigenvalue weighted by Gasteiger charge is -2.07. The zero-order valence-electron chi connectivity index (χ0n) is 8.37. The van der Waals surface area contributed by atoms with Crippen LogP contribution in [0.15, 0.2) is 59.1 Å². The summed E-state index contributed by atoms with van der Waals surface area (Å²) >= 11 is 0. The van der Waals surface area contributed by atoms with Crippen LogP contribution in [0.3, 0.4) is 0 Å². The number of allylic oxidation sites excluding steroid dienone is 2. The van der Waals surface area contributed by atoms with Gasteiger partial charge in [0.1, 0.15) is 0 Å². The molecule has 2 rings (SSSR count). The van der Waals surface area contributed by atoms with Crippen LogP contribution in [-0.2, 0) is 4.74 Å². The quantitative estimate of drug-likeness (QED) is 0.669. The van der Waals surface area contributed by atoms with Crippen LogP contribution in [0.1, 0.15) is 1.37 Å². The molecule has 1 atom stereocenters. The summed E-state index contributed by atoms with van der Waals surface area (Å²) in [4.78, 5) is 3.98. The first-order chi connectivity index (χ1) is 7.34. The Bertz CT molecular complexity index is 414. The molecule has 0 N–H and O–H groups in total. The van der Waals surface area contributed by atoms with Crippen LogP contribution in [0.5, 0.6) is 0 Å². The van der Waals surface area contributed by atoms with Crippen LogP contribution in [0.25, 0.3) is 0 Å². The topological polar surface area (TPSA) is 46.8 Å². The molecular weight excluding hydrogens is 178 g/mol. The van der Waals surface area contributed by atoms with Gasteiger partial charge in [-0.15, -0.1) is 10.2 Å². The summed E-state index contributed by atoms with van der Waals surface area (Å²) in [6.45, 7) is 0. The molecule has 0 saturated carbocycles. The summed E-state index contributed by atoms with van der Waals surface area (Å²) in [6.07, 6.45) is 5.66. The second kappa shape index (κ2) is 4.32. The van der Waals surface area contributed by atoms with Gasteiger partial charge in [0, 0.05) is 6.20 Å². The van der Waals surface area contributed by atoms with E-state index in [1.54, 1.807) is 30.5 Å². The van der Waals surface area contributed by atoms with Crippen LogP contribution < -0.4 is 0 Å². The zero-order valence-corrected chi connectivity index (χ0v) is 7.37. The van der Waals surface area contributed by atoms with Gasteiger partial charge in [-0.2, -0.15) is 0 Å². The van der Waals surface area contributed by atoms with Gasteiger partial charge in [0.15, 0.2) is 5.82 Å². The Kier molecular flexibility index (Phi) is 2.29. The normalized spacial score (nSPS) is 21.6. The molecule has 0 amide bonds. The van der Waals surface area contributed by atoms with Gasteiger partial charge in [-0.3, -0.25) is 0 Å². The number of hydrogen-bond donors (Lipinski definition) is 0. The van der Waals surface area contributed by atoms with E-state index in [1.807, 2.05) is 6.07 Å². The Balaban J connectivity index is 2.04. The molecule has 1 unspecified atom stereocenters. The molecule has 0 fully saturated rings. The lowest BCUT2D eigenvalue weighted by Crippen LogP contribution is -2.02. The van der Waals surface area contributed by atoms with Crippen molar-refractivity contribution in [2.75, 3.05) is 0 Å². The summed E-state index contributed by atoms with van der Waals surface area (Å²) in [5.41, 5.74) is 0. The maximum absolute atomic E-state index is 7.36. The van der Waals surface area contributed by atoms with Gasteiger partial charge in [-0.1, -0.05) is 12.1 Å². The van der Waals surface area contributed by atoms with Crippen molar-refractivity contribution >= 4 is 5.82 Å². The highest BCUT2D eigenvalue weighted by Gasteiger charge is 2.01. The van der Waals surface area contributed by atoms with Crippen LogP contribution >= 0.6 is 0 Å². The number of ether oxygens (including phenoxy) is 1. The molecule has 1 aromatic heterocycles. The highest BCUT2D eigenvalue weighted by Crippen LogP contribution is 2.10. The first-order valence-corrected chi connectivity index (χ1v) is 4.17. The average molecular weight is 188 g/mol. The van der Waals surface area contributed by atoms with Gasteiger partial charge in [0.25, 0.3) is 0 Å². The Morgan fingerprint density at radius 1 is 1.50 bits per heavy atom. The molecule has 0 aromatic carbocycles. The highest BCUT2D eigenvalue weighted by molar-refractivity contribution is 5.23. The van der Waals surface area contributed by atoms with E-state index < -0.39 is 6.23 Å². The lowest BCUT2D eigenvalue weighted by molar-refractivity contribution is 0.185. The van der Waals surface area contributed by atoms with Crippen LogP contribution in [0.2, 0.25) is 0 Å². The first-order valence-electron chi connectivity index (χ1n) is 4.67. The molecule has 0 radical (unpaired) electrons. The number of aromatic nitrogens is 1. The molecule has 0 saturated heterocycles. The standard InChI is InChI=1S/C10H9N3O/c1-3-7-11-9(5-1)12-13-10-6-2-4-8-14-10/h1-8,10H/i2D. The van der Waals surface area contributed by atoms with Crippen LogP contribution in [0.4, 0.5) is 5.82 Å². The third-order valence-corrected chi connectivity index (χ3v) is 1.54. The minimum Gasteiger partial charge on any atom is -0.471 e. The number of hydrogen-bond acceptors (Lipinski definition) is 4. The maximum Gasteiger partial charge on any atom is 0.227 e. The summed E-state index contributed by atoms with van der Waals surface area (Å²) in [5.74, 6) is 0.524. The van der Waals surface area contributed by atoms with Crippen molar-refractivity contribution in [3.05, 3.63) is 48.9 Å². The zero-order chi connectivity index (χ0) is 10.5. The largest absolute Gasteiger partial charge is 0.471 e. The van der Waals surface area contributed by atoms with E-state index in [0.717, 1.165) is 0 Å². The molecule has 2 heterocycles. The van der Waals surface area contributed by atoms with Gasteiger partial charge < -0.3 is 4.74 Å². The van der Waals surface area contributed by atoms with E-state index in [4.69, 9.17) is 6.11 Å². The third kappa shape index (κ3) is 2.26. The van der Waals surface area contributed by atoms with Crippen molar-refractivity contribution in [2.24, 2.45) is 10.2 Å². The van der Waals surface area contributed by atoms with E-state index in [-0.39, 0.29) is 0 Å². The van der Waals surface area contributed by atoms with Crippen molar-refractivity contribution < 1.29 is 6.11 Å². The van der Waals surface area contributed by atoms with Crippen LogP contribution in [-0.4, -0.2) is 11.2 Å². The predicted octanol–water partition coefficient (Wildman–Crippen LogP) is 2.59. The smallest absolute Gasteiger partial charge is 0.227 e. The monoisotopic (exact) mass is 188 g/mol. The molecule has 14 heavy (non-hydrogen) atoms. The SMILES string of the molecule is [2H]C1=CC(N=Nc2ccccn2)OC=C1. The molecule has 0 bridgehead atoms. The Morgan fingerprint density at radius 3 is 3.29 bits per heavy atom. The fourth-order valence-electron chi connectivity index (χ4n) is 0.926. The maximum atomic E-state index is 7.36. The van der Waals surface area contributed by atoms with Gasteiger partial charge in [-0.25, -0.2) is 4.98 Å². The van der Waals surface area contributed by atoms with E-state index in [0.29, 0.717) is 11.9 Å². The molecule has 1 aromatic rings. The molecule has 4 nitrogen and oxygen atoms in total. The number of nitrogens with zero attached hydrogens (tertiary/aromatic N) is 3. The number of azo groups is 1. The van der Waals surface area contributed by atoms with Gasteiger partial charge >= 0.3 is 0 Å². The fraction of sp³-hybridized carbons (Fsp3) is 0.100. The van der Waals surface area contributed by atoms with E-state index in [2.05, 4.69) is 15.2 Å². The summed E-state index contributed by atoms with van der Waals surface area (Å²) < 4.78 is 12.5. The first kappa shape index (κ1) is 7.44. The Morgan fingerprint density at radius 2 is 2.50 bits per heavy atom.